The van der Waals surface area contributed by atoms with Gasteiger partial charge in [-0.25, -0.2) is 9.18 Å². The van der Waals surface area contributed by atoms with Gasteiger partial charge in [-0.1, -0.05) is 24.9 Å². The Hall–Kier alpha value is -1.29. The Labute approximate surface area is 97.8 Å². The van der Waals surface area contributed by atoms with Crippen molar-refractivity contribution in [3.8, 4) is 5.75 Å². The lowest BCUT2D eigenvalue weighted by Crippen LogP contribution is -2.05. The molecule has 0 radical (unpaired) electrons. The van der Waals surface area contributed by atoms with Gasteiger partial charge in [-0.05, 0) is 12.5 Å². The standard InChI is InChI=1S/C11H12ClFO3/c1-2-3-4-16-10-6-8(12)9(13)5-7(10)11(14)15/h5-6H,2-4H2,1H3,(H,14,15). The lowest BCUT2D eigenvalue weighted by molar-refractivity contribution is 0.0691. The Kier molecular flexibility index (Phi) is 4.55. The fourth-order valence-electron chi connectivity index (χ4n) is 1.14. The fourth-order valence-corrected chi connectivity index (χ4v) is 1.30. The second kappa shape index (κ2) is 5.70. The van der Waals surface area contributed by atoms with Crippen molar-refractivity contribution in [3.05, 3.63) is 28.5 Å². The van der Waals surface area contributed by atoms with Crippen molar-refractivity contribution in [2.24, 2.45) is 0 Å². The molecule has 0 heterocycles. The molecule has 3 nitrogen and oxygen atoms in total. The summed E-state index contributed by atoms with van der Waals surface area (Å²) in [4.78, 5) is 10.8. The average Bonchev–Trinajstić information content (AvgIpc) is 2.23. The van der Waals surface area contributed by atoms with Gasteiger partial charge < -0.3 is 9.84 Å². The first-order valence-corrected chi connectivity index (χ1v) is 5.29. The Morgan fingerprint density at radius 3 is 2.81 bits per heavy atom. The molecule has 0 bridgehead atoms. The molecule has 0 saturated heterocycles. The van der Waals surface area contributed by atoms with E-state index in [0.29, 0.717) is 6.61 Å². The van der Waals surface area contributed by atoms with E-state index in [-0.39, 0.29) is 16.3 Å². The zero-order chi connectivity index (χ0) is 12.1. The predicted molar refractivity (Wildman–Crippen MR) is 58.8 cm³/mol. The fraction of sp³-hybridized carbons (Fsp3) is 0.364. The molecule has 1 aromatic carbocycles. The zero-order valence-corrected chi connectivity index (χ0v) is 9.55. The van der Waals surface area contributed by atoms with Crippen molar-refractivity contribution >= 4 is 17.6 Å². The smallest absolute Gasteiger partial charge is 0.339 e. The molecule has 0 aliphatic heterocycles. The molecule has 88 valence electrons. The van der Waals surface area contributed by atoms with Crippen LogP contribution in [-0.4, -0.2) is 17.7 Å². The first-order chi connectivity index (χ1) is 7.56. The van der Waals surface area contributed by atoms with Gasteiger partial charge >= 0.3 is 5.97 Å². The van der Waals surface area contributed by atoms with Gasteiger partial charge in [0.2, 0.25) is 0 Å². The molecule has 0 amide bonds. The van der Waals surface area contributed by atoms with Gasteiger partial charge in [0.1, 0.15) is 17.1 Å². The zero-order valence-electron chi connectivity index (χ0n) is 8.80. The van der Waals surface area contributed by atoms with E-state index in [4.69, 9.17) is 21.4 Å². The number of rotatable bonds is 5. The lowest BCUT2D eigenvalue weighted by Gasteiger charge is -2.09. The minimum atomic E-state index is -1.23. The van der Waals surface area contributed by atoms with Crippen molar-refractivity contribution in [1.82, 2.24) is 0 Å². The van der Waals surface area contributed by atoms with Crippen LogP contribution in [0, 0.1) is 5.82 Å². The van der Waals surface area contributed by atoms with Crippen molar-refractivity contribution < 1.29 is 19.0 Å². The number of hydrogen-bond acceptors (Lipinski definition) is 2. The largest absolute Gasteiger partial charge is 0.493 e. The molecule has 0 aromatic heterocycles. The van der Waals surface area contributed by atoms with Crippen LogP contribution in [0.25, 0.3) is 0 Å². The van der Waals surface area contributed by atoms with Gasteiger partial charge in [-0.2, -0.15) is 0 Å². The quantitative estimate of drug-likeness (QED) is 0.811. The molecule has 5 heteroatoms. The maximum Gasteiger partial charge on any atom is 0.339 e. The summed E-state index contributed by atoms with van der Waals surface area (Å²) in [5, 5.41) is 8.71. The maximum atomic E-state index is 13.1. The molecule has 16 heavy (non-hydrogen) atoms. The Morgan fingerprint density at radius 1 is 1.56 bits per heavy atom. The Balaban J connectivity index is 2.95. The van der Waals surface area contributed by atoms with Crippen molar-refractivity contribution in [2.75, 3.05) is 6.61 Å². The van der Waals surface area contributed by atoms with E-state index in [2.05, 4.69) is 0 Å². The molecule has 0 aliphatic rings. The molecule has 0 unspecified atom stereocenters. The number of halogens is 2. The van der Waals surface area contributed by atoms with Crippen molar-refractivity contribution in [2.45, 2.75) is 19.8 Å². The highest BCUT2D eigenvalue weighted by molar-refractivity contribution is 6.31. The van der Waals surface area contributed by atoms with E-state index in [1.165, 1.54) is 6.07 Å². The summed E-state index contributed by atoms with van der Waals surface area (Å²) in [6, 6.07) is 2.06. The SMILES string of the molecule is CCCCOc1cc(Cl)c(F)cc1C(=O)O. The summed E-state index contributed by atoms with van der Waals surface area (Å²) >= 11 is 5.56. The molecule has 0 atom stereocenters. The van der Waals surface area contributed by atoms with Crippen LogP contribution in [0.3, 0.4) is 0 Å². The van der Waals surface area contributed by atoms with Gasteiger partial charge in [-0.15, -0.1) is 0 Å². The molecular weight excluding hydrogens is 235 g/mol. The van der Waals surface area contributed by atoms with E-state index in [9.17, 15) is 9.18 Å². The van der Waals surface area contributed by atoms with Gasteiger partial charge in [-0.3, -0.25) is 0 Å². The molecule has 0 spiro atoms. The summed E-state index contributed by atoms with van der Waals surface area (Å²) in [7, 11) is 0. The monoisotopic (exact) mass is 246 g/mol. The van der Waals surface area contributed by atoms with Crippen LogP contribution in [0.5, 0.6) is 5.75 Å². The van der Waals surface area contributed by atoms with Gasteiger partial charge in [0.05, 0.1) is 11.6 Å². The Morgan fingerprint density at radius 2 is 2.25 bits per heavy atom. The van der Waals surface area contributed by atoms with E-state index in [1.54, 1.807) is 0 Å². The normalized spacial score (nSPS) is 10.2. The second-order valence-corrected chi connectivity index (χ2v) is 3.68. The first-order valence-electron chi connectivity index (χ1n) is 4.91. The van der Waals surface area contributed by atoms with Crippen LogP contribution in [0.4, 0.5) is 4.39 Å². The van der Waals surface area contributed by atoms with Crippen molar-refractivity contribution in [1.29, 1.82) is 0 Å². The number of carboxylic acid groups (broad SMARTS) is 1. The van der Waals surface area contributed by atoms with Crippen LogP contribution in [0.1, 0.15) is 30.1 Å². The summed E-state index contributed by atoms with van der Waals surface area (Å²) < 4.78 is 18.3. The highest BCUT2D eigenvalue weighted by atomic mass is 35.5. The number of aromatic carboxylic acids is 1. The number of ether oxygens (including phenoxy) is 1. The van der Waals surface area contributed by atoms with Gasteiger partial charge in [0.25, 0.3) is 0 Å². The van der Waals surface area contributed by atoms with E-state index in [1.807, 2.05) is 6.92 Å². The van der Waals surface area contributed by atoms with Crippen LogP contribution in [0.15, 0.2) is 12.1 Å². The highest BCUT2D eigenvalue weighted by Crippen LogP contribution is 2.26. The molecule has 1 aromatic rings. The molecule has 1 N–H and O–H groups in total. The number of carbonyl (C=O) groups is 1. The topological polar surface area (TPSA) is 46.5 Å². The third kappa shape index (κ3) is 3.10. The van der Waals surface area contributed by atoms with Gasteiger partial charge in [0.15, 0.2) is 0 Å². The third-order valence-electron chi connectivity index (χ3n) is 2.01. The minimum absolute atomic E-state index is 0.104. The average molecular weight is 247 g/mol. The van der Waals surface area contributed by atoms with Crippen molar-refractivity contribution in [3.63, 3.8) is 0 Å². The summed E-state index contributed by atoms with van der Waals surface area (Å²) in [5.41, 5.74) is -0.210. The molecule has 1 rings (SSSR count). The summed E-state index contributed by atoms with van der Waals surface area (Å²) in [6.45, 7) is 2.37. The lowest BCUT2D eigenvalue weighted by atomic mass is 10.2. The van der Waals surface area contributed by atoms with Crippen LogP contribution < -0.4 is 4.74 Å². The van der Waals surface area contributed by atoms with Crippen LogP contribution in [-0.2, 0) is 0 Å². The number of hydrogen-bond donors (Lipinski definition) is 1. The van der Waals surface area contributed by atoms with Crippen LogP contribution in [0.2, 0.25) is 5.02 Å². The van der Waals surface area contributed by atoms with E-state index in [0.717, 1.165) is 18.9 Å². The molecule has 0 fully saturated rings. The summed E-state index contributed by atoms with van der Waals surface area (Å²) in [5.74, 6) is -1.89. The molecule has 0 aliphatic carbocycles. The number of unbranched alkanes of at least 4 members (excludes halogenated alkanes) is 1. The third-order valence-corrected chi connectivity index (χ3v) is 2.30. The number of carboxylic acids is 1. The molecular formula is C11H12ClFO3. The minimum Gasteiger partial charge on any atom is -0.493 e. The first kappa shape index (κ1) is 12.8. The molecule has 0 saturated carbocycles. The predicted octanol–water partition coefficient (Wildman–Crippen LogP) is 3.36. The van der Waals surface area contributed by atoms with Gasteiger partial charge in [0, 0.05) is 6.07 Å². The maximum absolute atomic E-state index is 13.1. The Bertz CT molecular complexity index is 393. The highest BCUT2D eigenvalue weighted by Gasteiger charge is 2.15. The summed E-state index contributed by atoms with van der Waals surface area (Å²) in [6.07, 6.45) is 1.73. The van der Waals surface area contributed by atoms with E-state index < -0.39 is 11.8 Å². The second-order valence-electron chi connectivity index (χ2n) is 3.27. The number of benzene rings is 1. The van der Waals surface area contributed by atoms with E-state index >= 15 is 0 Å². The van der Waals surface area contributed by atoms with Crippen LogP contribution >= 0.6 is 11.6 Å².